The first-order chi connectivity index (χ1) is 7.26. The predicted octanol–water partition coefficient (Wildman–Crippen LogP) is 1.85. The molecule has 0 aliphatic carbocycles. The minimum Gasteiger partial charge on any atom is -0.392 e. The Morgan fingerprint density at radius 3 is 2.80 bits per heavy atom. The fourth-order valence-electron chi connectivity index (χ4n) is 1.65. The monoisotopic (exact) mass is 201 g/mol. The highest BCUT2D eigenvalue weighted by Crippen LogP contribution is 2.20. The summed E-state index contributed by atoms with van der Waals surface area (Å²) in [5.74, 6) is 0. The number of fused-ring (bicyclic) bond motifs is 1. The van der Waals surface area contributed by atoms with E-state index < -0.39 is 0 Å². The van der Waals surface area contributed by atoms with Crippen molar-refractivity contribution in [3.05, 3.63) is 41.1 Å². The van der Waals surface area contributed by atoms with Crippen LogP contribution in [0.25, 0.3) is 10.9 Å². The van der Waals surface area contributed by atoms with Crippen molar-refractivity contribution in [3.8, 4) is 0 Å². The molecule has 0 aliphatic heterocycles. The third-order valence-corrected chi connectivity index (χ3v) is 2.57. The number of hydrogen-bond acceptors (Lipinski definition) is 3. The molecule has 2 rings (SSSR count). The van der Waals surface area contributed by atoms with Crippen molar-refractivity contribution in [1.29, 1.82) is 0 Å². The SMILES string of the molecule is Cc1c(CO)ccc2nc(C=O)ccc12. The molecule has 3 heteroatoms. The van der Waals surface area contributed by atoms with Gasteiger partial charge in [-0.25, -0.2) is 4.98 Å². The first kappa shape index (κ1) is 9.80. The van der Waals surface area contributed by atoms with Crippen LogP contribution in [-0.4, -0.2) is 16.4 Å². The highest BCUT2D eigenvalue weighted by molar-refractivity contribution is 5.86. The van der Waals surface area contributed by atoms with Crippen molar-refractivity contribution in [3.63, 3.8) is 0 Å². The van der Waals surface area contributed by atoms with Crippen LogP contribution in [0, 0.1) is 6.92 Å². The molecule has 76 valence electrons. The Kier molecular flexibility index (Phi) is 2.47. The number of nitrogens with zero attached hydrogens (tertiary/aromatic N) is 1. The second-order valence-corrected chi connectivity index (χ2v) is 3.43. The molecule has 0 saturated carbocycles. The molecule has 0 fully saturated rings. The van der Waals surface area contributed by atoms with E-state index in [-0.39, 0.29) is 6.61 Å². The van der Waals surface area contributed by atoms with Crippen LogP contribution in [0.5, 0.6) is 0 Å². The van der Waals surface area contributed by atoms with Gasteiger partial charge in [-0.15, -0.1) is 0 Å². The number of rotatable bonds is 2. The summed E-state index contributed by atoms with van der Waals surface area (Å²) < 4.78 is 0. The van der Waals surface area contributed by atoms with Crippen molar-refractivity contribution in [2.75, 3.05) is 0 Å². The zero-order valence-corrected chi connectivity index (χ0v) is 8.40. The first-order valence-electron chi connectivity index (χ1n) is 4.71. The summed E-state index contributed by atoms with van der Waals surface area (Å²) in [5.41, 5.74) is 3.12. The Bertz CT molecular complexity index is 520. The van der Waals surface area contributed by atoms with E-state index in [0.717, 1.165) is 28.3 Å². The van der Waals surface area contributed by atoms with Crippen molar-refractivity contribution in [2.24, 2.45) is 0 Å². The van der Waals surface area contributed by atoms with Gasteiger partial charge in [-0.2, -0.15) is 0 Å². The van der Waals surface area contributed by atoms with E-state index in [4.69, 9.17) is 5.11 Å². The average molecular weight is 201 g/mol. The number of benzene rings is 1. The predicted molar refractivity (Wildman–Crippen MR) is 57.8 cm³/mol. The molecular formula is C12H11NO2. The average Bonchev–Trinajstić information content (AvgIpc) is 2.29. The summed E-state index contributed by atoms with van der Waals surface area (Å²) in [6.07, 6.45) is 0.731. The Labute approximate surface area is 87.4 Å². The number of aromatic nitrogens is 1. The van der Waals surface area contributed by atoms with Gasteiger partial charge in [0.15, 0.2) is 6.29 Å². The number of pyridine rings is 1. The van der Waals surface area contributed by atoms with Crippen LogP contribution >= 0.6 is 0 Å². The molecule has 2 aromatic rings. The van der Waals surface area contributed by atoms with Gasteiger partial charge in [-0.1, -0.05) is 12.1 Å². The van der Waals surface area contributed by atoms with E-state index in [1.807, 2.05) is 25.1 Å². The van der Waals surface area contributed by atoms with Gasteiger partial charge in [0, 0.05) is 5.39 Å². The molecule has 0 spiro atoms. The van der Waals surface area contributed by atoms with Crippen LogP contribution in [-0.2, 0) is 6.61 Å². The number of hydrogen-bond donors (Lipinski definition) is 1. The highest BCUT2D eigenvalue weighted by atomic mass is 16.3. The molecule has 1 heterocycles. The molecule has 0 aliphatic rings. The summed E-state index contributed by atoms with van der Waals surface area (Å²) in [6.45, 7) is 1.97. The second kappa shape index (κ2) is 3.79. The summed E-state index contributed by atoms with van der Waals surface area (Å²) in [6, 6.07) is 7.20. The highest BCUT2D eigenvalue weighted by Gasteiger charge is 2.04. The zero-order valence-electron chi connectivity index (χ0n) is 8.40. The van der Waals surface area contributed by atoms with Gasteiger partial charge in [0.1, 0.15) is 5.69 Å². The van der Waals surface area contributed by atoms with Gasteiger partial charge in [-0.3, -0.25) is 4.79 Å². The lowest BCUT2D eigenvalue weighted by Crippen LogP contribution is -1.93. The molecule has 0 unspecified atom stereocenters. The number of carbonyl (C=O) groups excluding carboxylic acids is 1. The van der Waals surface area contributed by atoms with Gasteiger partial charge in [0.25, 0.3) is 0 Å². The molecule has 0 amide bonds. The van der Waals surface area contributed by atoms with Crippen molar-refractivity contribution in [1.82, 2.24) is 4.98 Å². The number of aliphatic hydroxyl groups excluding tert-OH is 1. The quantitative estimate of drug-likeness (QED) is 0.754. The van der Waals surface area contributed by atoms with E-state index in [1.54, 1.807) is 6.07 Å². The Hall–Kier alpha value is -1.74. The number of carbonyl (C=O) groups is 1. The third kappa shape index (κ3) is 1.62. The Morgan fingerprint density at radius 2 is 2.13 bits per heavy atom. The molecule has 0 atom stereocenters. The second-order valence-electron chi connectivity index (χ2n) is 3.43. The van der Waals surface area contributed by atoms with E-state index >= 15 is 0 Å². The van der Waals surface area contributed by atoms with Crippen LogP contribution in [0.2, 0.25) is 0 Å². The Morgan fingerprint density at radius 1 is 1.33 bits per heavy atom. The van der Waals surface area contributed by atoms with E-state index in [0.29, 0.717) is 5.69 Å². The number of aldehydes is 1. The molecule has 1 aromatic carbocycles. The summed E-state index contributed by atoms with van der Waals surface area (Å²) in [7, 11) is 0. The fourth-order valence-corrected chi connectivity index (χ4v) is 1.65. The van der Waals surface area contributed by atoms with Gasteiger partial charge >= 0.3 is 0 Å². The van der Waals surface area contributed by atoms with Crippen LogP contribution < -0.4 is 0 Å². The van der Waals surface area contributed by atoms with Crippen molar-refractivity contribution < 1.29 is 9.90 Å². The first-order valence-corrected chi connectivity index (χ1v) is 4.71. The van der Waals surface area contributed by atoms with Crippen molar-refractivity contribution in [2.45, 2.75) is 13.5 Å². The van der Waals surface area contributed by atoms with Crippen LogP contribution in [0.3, 0.4) is 0 Å². The topological polar surface area (TPSA) is 50.2 Å². The lowest BCUT2D eigenvalue weighted by atomic mass is 10.0. The normalized spacial score (nSPS) is 10.5. The van der Waals surface area contributed by atoms with Gasteiger partial charge in [-0.05, 0) is 30.2 Å². The molecule has 0 saturated heterocycles. The van der Waals surface area contributed by atoms with Crippen LogP contribution in [0.1, 0.15) is 21.6 Å². The summed E-state index contributed by atoms with van der Waals surface area (Å²) >= 11 is 0. The molecule has 1 aromatic heterocycles. The molecular weight excluding hydrogens is 190 g/mol. The molecule has 3 nitrogen and oxygen atoms in total. The summed E-state index contributed by atoms with van der Waals surface area (Å²) in [5, 5.41) is 10.1. The van der Waals surface area contributed by atoms with Crippen molar-refractivity contribution >= 4 is 17.2 Å². The van der Waals surface area contributed by atoms with Gasteiger partial charge < -0.3 is 5.11 Å². The number of aliphatic hydroxyl groups is 1. The van der Waals surface area contributed by atoms with Crippen LogP contribution in [0.15, 0.2) is 24.3 Å². The maximum absolute atomic E-state index is 10.6. The molecule has 15 heavy (non-hydrogen) atoms. The molecule has 0 bridgehead atoms. The van der Waals surface area contributed by atoms with Gasteiger partial charge in [0.2, 0.25) is 0 Å². The molecule has 0 radical (unpaired) electrons. The Balaban J connectivity index is 2.73. The zero-order chi connectivity index (χ0) is 10.8. The van der Waals surface area contributed by atoms with E-state index in [1.165, 1.54) is 0 Å². The van der Waals surface area contributed by atoms with Crippen LogP contribution in [0.4, 0.5) is 0 Å². The maximum Gasteiger partial charge on any atom is 0.168 e. The lowest BCUT2D eigenvalue weighted by molar-refractivity contribution is 0.111. The summed E-state index contributed by atoms with van der Waals surface area (Å²) in [4.78, 5) is 14.7. The lowest BCUT2D eigenvalue weighted by Gasteiger charge is -2.06. The van der Waals surface area contributed by atoms with E-state index in [2.05, 4.69) is 4.98 Å². The minimum atomic E-state index is 0.0250. The van der Waals surface area contributed by atoms with E-state index in [9.17, 15) is 4.79 Å². The standard InChI is InChI=1S/C12H11NO2/c1-8-9(6-14)2-5-12-11(8)4-3-10(7-15)13-12/h2-5,7,14H,6H2,1H3. The third-order valence-electron chi connectivity index (χ3n) is 2.57. The van der Waals surface area contributed by atoms with Gasteiger partial charge in [0.05, 0.1) is 12.1 Å². The largest absolute Gasteiger partial charge is 0.392 e. The minimum absolute atomic E-state index is 0.0250. The fraction of sp³-hybridized carbons (Fsp3) is 0.167. The smallest absolute Gasteiger partial charge is 0.168 e. The molecule has 1 N–H and O–H groups in total. The maximum atomic E-state index is 10.6. The number of aryl methyl sites for hydroxylation is 1.